The molecule has 3 aliphatic carbocycles. The molecule has 1 saturated carbocycles. The zero-order valence-electron chi connectivity index (χ0n) is 37.3. The Kier molecular flexibility index (Phi) is 7.45. The third kappa shape index (κ3) is 4.93. The van der Waals surface area contributed by atoms with Crippen LogP contribution in [0.1, 0.15) is 107 Å². The quantitative estimate of drug-likeness (QED) is 0.164. The zero-order chi connectivity index (χ0) is 42.2. The van der Waals surface area contributed by atoms with Gasteiger partial charge in [-0.3, -0.25) is 0 Å². The highest BCUT2D eigenvalue weighted by Crippen LogP contribution is 2.62. The first-order valence-electron chi connectivity index (χ1n) is 22.9. The Labute approximate surface area is 375 Å². The smallest absolute Gasteiger partial charge is 0.266 e. The summed E-state index contributed by atoms with van der Waals surface area (Å²) in [7, 11) is 0. The van der Waals surface area contributed by atoms with Gasteiger partial charge < -0.3 is 9.80 Å². The fraction of sp³-hybridized carbons (Fsp3) is 0.298. The van der Waals surface area contributed by atoms with E-state index in [4.69, 9.17) is 0 Å². The largest absolute Gasteiger partial charge is 0.310 e. The SMILES string of the molecule is Cc1cc2c3c(c1)N(c1ccccc1)c1c(sc4cc5c(cc14)C(C)(C)CCC5(C)C)B3c1c(sc3cc4c(cc13)C1(C)CCC4(C)C1)N2c1ccc(-c2ccccc2)cc1C. The minimum Gasteiger partial charge on any atom is -0.310 e. The molecule has 5 aliphatic rings. The van der Waals surface area contributed by atoms with E-state index in [1.807, 2.05) is 11.3 Å². The number of hydrogen-bond donors (Lipinski definition) is 0. The Hall–Kier alpha value is -5.10. The first-order valence-corrected chi connectivity index (χ1v) is 24.6. The van der Waals surface area contributed by atoms with Crippen molar-refractivity contribution in [2.75, 3.05) is 9.80 Å². The number of rotatable bonds is 3. The number of para-hydroxylation sites is 1. The lowest BCUT2D eigenvalue weighted by Crippen LogP contribution is -2.60. The third-order valence-corrected chi connectivity index (χ3v) is 18.8. The maximum absolute atomic E-state index is 2.70. The van der Waals surface area contributed by atoms with E-state index in [0.29, 0.717) is 0 Å². The summed E-state index contributed by atoms with van der Waals surface area (Å²) in [6.45, 7) is 19.7. The monoisotopic (exact) mass is 840 g/mol. The summed E-state index contributed by atoms with van der Waals surface area (Å²) >= 11 is 4.11. The summed E-state index contributed by atoms with van der Waals surface area (Å²) in [4.78, 5) is 5.34. The van der Waals surface area contributed by atoms with Crippen molar-refractivity contribution in [1.29, 1.82) is 0 Å². The minimum atomic E-state index is 0.106. The highest BCUT2D eigenvalue weighted by molar-refractivity contribution is 7.35. The van der Waals surface area contributed by atoms with Gasteiger partial charge in [0.2, 0.25) is 0 Å². The van der Waals surface area contributed by atoms with Gasteiger partial charge in [0.1, 0.15) is 0 Å². The van der Waals surface area contributed by atoms with Crippen LogP contribution < -0.4 is 25.5 Å². The number of nitrogens with zero attached hydrogens (tertiary/aromatic N) is 2. The van der Waals surface area contributed by atoms with Gasteiger partial charge in [-0.15, -0.1) is 22.7 Å². The Morgan fingerprint density at radius 3 is 1.81 bits per heavy atom. The first-order chi connectivity index (χ1) is 29.7. The van der Waals surface area contributed by atoms with Crippen LogP contribution in [0.4, 0.5) is 33.4 Å². The summed E-state index contributed by atoms with van der Waals surface area (Å²) in [6, 6.07) is 44.9. The first kappa shape index (κ1) is 37.5. The van der Waals surface area contributed by atoms with Crippen molar-refractivity contribution < 1.29 is 0 Å². The molecule has 0 saturated heterocycles. The van der Waals surface area contributed by atoms with E-state index < -0.39 is 0 Å². The Bertz CT molecular complexity index is 3250. The fourth-order valence-electron chi connectivity index (χ4n) is 13.1. The molecular weight excluding hydrogens is 788 g/mol. The van der Waals surface area contributed by atoms with Crippen molar-refractivity contribution in [3.8, 4) is 11.1 Å². The highest BCUT2D eigenvalue weighted by Gasteiger charge is 2.54. The van der Waals surface area contributed by atoms with Gasteiger partial charge in [0.05, 0.1) is 10.7 Å². The van der Waals surface area contributed by atoms with Crippen LogP contribution in [0.5, 0.6) is 0 Å². The molecule has 0 radical (unpaired) electrons. The zero-order valence-corrected chi connectivity index (χ0v) is 38.9. The van der Waals surface area contributed by atoms with Gasteiger partial charge >= 0.3 is 0 Å². The molecule has 1 fully saturated rings. The van der Waals surface area contributed by atoms with Gasteiger partial charge in [0.25, 0.3) is 6.71 Å². The molecule has 13 rings (SSSR count). The molecule has 2 aromatic heterocycles. The van der Waals surface area contributed by atoms with Crippen molar-refractivity contribution in [1.82, 2.24) is 0 Å². The number of hydrogen-bond acceptors (Lipinski definition) is 4. The van der Waals surface area contributed by atoms with Crippen LogP contribution in [-0.4, -0.2) is 6.71 Å². The molecule has 0 spiro atoms. The summed E-state index contributed by atoms with van der Waals surface area (Å²) < 4.78 is 4.34. The van der Waals surface area contributed by atoms with E-state index in [0.717, 1.165) is 0 Å². The molecule has 0 amide bonds. The summed E-state index contributed by atoms with van der Waals surface area (Å²) in [5, 5.41) is 4.25. The maximum Gasteiger partial charge on any atom is 0.266 e. The van der Waals surface area contributed by atoms with Crippen molar-refractivity contribution in [3.05, 3.63) is 149 Å². The Balaban J connectivity index is 1.15. The van der Waals surface area contributed by atoms with Crippen LogP contribution in [0.15, 0.2) is 115 Å². The van der Waals surface area contributed by atoms with Crippen molar-refractivity contribution in [2.45, 2.75) is 109 Å². The van der Waals surface area contributed by atoms with E-state index in [9.17, 15) is 0 Å². The predicted molar refractivity (Wildman–Crippen MR) is 270 cm³/mol. The number of benzene rings is 6. The number of anilines is 6. The standard InChI is InChI=1S/C57H53BN2S2/c1-33-25-45-50-46(26-33)60(44-20-19-36(27-34(44)2)35-15-11-9-12-16-35)53-49(38-28-42-43(31-47(38)62-53)57(8)24-23-56(42,7)32-57)58(50)52-51(59(45)37-17-13-10-14-18-37)39-29-40-41(30-48(39)61-52)55(5,6)22-21-54(40,3)4/h9-20,25-31H,21-24,32H2,1-8H3. The van der Waals surface area contributed by atoms with Crippen LogP contribution in [0.2, 0.25) is 0 Å². The molecule has 62 heavy (non-hydrogen) atoms. The van der Waals surface area contributed by atoms with Gasteiger partial charge in [-0.1, -0.05) is 96.1 Å². The van der Waals surface area contributed by atoms with E-state index in [1.165, 1.54) is 129 Å². The van der Waals surface area contributed by atoms with E-state index in [1.54, 1.807) is 16.7 Å². The molecule has 2 nitrogen and oxygen atoms in total. The van der Waals surface area contributed by atoms with E-state index in [-0.39, 0.29) is 28.4 Å². The minimum absolute atomic E-state index is 0.106. The van der Waals surface area contributed by atoms with Gasteiger partial charge in [0, 0.05) is 42.3 Å². The van der Waals surface area contributed by atoms with Crippen LogP contribution in [0.3, 0.4) is 0 Å². The lowest BCUT2D eigenvalue weighted by molar-refractivity contribution is 0.332. The lowest BCUT2D eigenvalue weighted by atomic mass is 9.36. The molecule has 8 aromatic rings. The Morgan fingerprint density at radius 1 is 0.516 bits per heavy atom. The van der Waals surface area contributed by atoms with Gasteiger partial charge in [-0.2, -0.15) is 0 Å². The van der Waals surface area contributed by atoms with Crippen molar-refractivity contribution >= 4 is 98.7 Å². The van der Waals surface area contributed by atoms with E-state index >= 15 is 0 Å². The van der Waals surface area contributed by atoms with E-state index in [2.05, 4.69) is 192 Å². The predicted octanol–water partition coefficient (Wildman–Crippen LogP) is 14.5. The van der Waals surface area contributed by atoms with Gasteiger partial charge in [0.15, 0.2) is 0 Å². The van der Waals surface area contributed by atoms with Crippen molar-refractivity contribution in [2.24, 2.45) is 0 Å². The molecule has 5 heteroatoms. The second-order valence-corrected chi connectivity index (χ2v) is 23.6. The average Bonchev–Trinajstić information content (AvgIpc) is 3.97. The third-order valence-electron chi connectivity index (χ3n) is 16.4. The van der Waals surface area contributed by atoms with Crippen LogP contribution in [0.25, 0.3) is 31.3 Å². The lowest BCUT2D eigenvalue weighted by Gasteiger charge is -2.43. The molecule has 6 aromatic carbocycles. The highest BCUT2D eigenvalue weighted by atomic mass is 32.1. The second-order valence-electron chi connectivity index (χ2n) is 21.5. The fourth-order valence-corrected chi connectivity index (χ4v) is 15.7. The number of fused-ring (bicyclic) bond motifs is 14. The molecular formula is C57H53BN2S2. The van der Waals surface area contributed by atoms with Crippen LogP contribution in [0, 0.1) is 13.8 Å². The molecule has 306 valence electrons. The summed E-state index contributed by atoms with van der Waals surface area (Å²) in [5.41, 5.74) is 21.6. The normalized spacial score (nSPS) is 22.2. The summed E-state index contributed by atoms with van der Waals surface area (Å²) in [5.74, 6) is 0. The van der Waals surface area contributed by atoms with Gasteiger partial charge in [-0.05, 0) is 189 Å². The molecule has 2 atom stereocenters. The van der Waals surface area contributed by atoms with Gasteiger partial charge in [-0.25, -0.2) is 0 Å². The molecule has 0 N–H and O–H groups in total. The Morgan fingerprint density at radius 2 is 1.11 bits per heavy atom. The van der Waals surface area contributed by atoms with Crippen molar-refractivity contribution in [3.63, 3.8) is 0 Å². The molecule has 2 bridgehead atoms. The molecule has 2 aliphatic heterocycles. The molecule has 2 unspecified atom stereocenters. The van der Waals surface area contributed by atoms with Crippen LogP contribution >= 0.6 is 22.7 Å². The number of aryl methyl sites for hydroxylation is 2. The summed E-state index contributed by atoms with van der Waals surface area (Å²) in [6.07, 6.45) is 6.27. The topological polar surface area (TPSA) is 6.48 Å². The van der Waals surface area contributed by atoms with Crippen LogP contribution in [-0.2, 0) is 21.7 Å². The second kappa shape index (κ2) is 12.3. The average molecular weight is 841 g/mol. The number of thiophene rings is 2. The molecule has 4 heterocycles. The maximum atomic E-state index is 2.70.